The zero-order valence-corrected chi connectivity index (χ0v) is 19.9. The lowest BCUT2D eigenvalue weighted by molar-refractivity contribution is 0.0177. The number of hydrogen-bond donors (Lipinski definition) is 1. The Bertz CT molecular complexity index is 1180. The molecule has 0 saturated carbocycles. The van der Waals surface area contributed by atoms with E-state index in [0.29, 0.717) is 30.6 Å². The minimum atomic E-state index is -0.501. The summed E-state index contributed by atoms with van der Waals surface area (Å²) in [6, 6.07) is 12.1. The van der Waals surface area contributed by atoms with Crippen LogP contribution in [0.3, 0.4) is 0 Å². The zero-order chi connectivity index (χ0) is 23.9. The second-order valence-corrected chi connectivity index (χ2v) is 9.75. The van der Waals surface area contributed by atoms with E-state index in [1.165, 1.54) is 0 Å². The van der Waals surface area contributed by atoms with E-state index in [9.17, 15) is 4.79 Å². The van der Waals surface area contributed by atoms with Gasteiger partial charge in [-0.15, -0.1) is 10.2 Å². The van der Waals surface area contributed by atoms with Crippen LogP contribution in [0.25, 0.3) is 11.4 Å². The van der Waals surface area contributed by atoms with Crippen LogP contribution in [-0.4, -0.2) is 57.4 Å². The maximum absolute atomic E-state index is 12.6. The number of piperidine rings is 1. The highest BCUT2D eigenvalue weighted by Gasteiger charge is 2.38. The molecule has 3 aromatic rings. The van der Waals surface area contributed by atoms with E-state index >= 15 is 0 Å². The summed E-state index contributed by atoms with van der Waals surface area (Å²) in [4.78, 5) is 14.4. The van der Waals surface area contributed by atoms with Crippen molar-refractivity contribution in [2.75, 3.05) is 20.2 Å². The van der Waals surface area contributed by atoms with Gasteiger partial charge in [0, 0.05) is 35.7 Å². The number of benzene rings is 2. The van der Waals surface area contributed by atoms with Crippen LogP contribution in [0.15, 0.2) is 36.4 Å². The minimum absolute atomic E-state index is 0.119. The standard InChI is InChI=1S/C25H29N5O4/c1-25(2,3)34-24(31)30-12-10-15(11-13-30)21-17-9-8-16(23-26-28-29-27-23)14-20(17)33-22-18(21)6-5-7-19(22)32-4/h5-9,14-15,21H,10-13H2,1-4H3,(H,26,27,28,29). The molecule has 34 heavy (non-hydrogen) atoms. The third-order valence-corrected chi connectivity index (χ3v) is 6.39. The lowest BCUT2D eigenvalue weighted by atomic mass is 9.74. The molecule has 1 amide bonds. The summed E-state index contributed by atoms with van der Waals surface area (Å²) in [7, 11) is 1.65. The highest BCUT2D eigenvalue weighted by molar-refractivity contribution is 5.68. The van der Waals surface area contributed by atoms with Gasteiger partial charge in [0.1, 0.15) is 11.4 Å². The van der Waals surface area contributed by atoms with E-state index in [1.807, 2.05) is 49.9 Å². The summed E-state index contributed by atoms with van der Waals surface area (Å²) in [5, 5.41) is 14.4. The molecule has 9 nitrogen and oxygen atoms in total. The number of aromatic nitrogens is 4. The third kappa shape index (κ3) is 4.18. The normalized spacial score (nSPS) is 18.0. The van der Waals surface area contributed by atoms with E-state index in [-0.39, 0.29) is 12.0 Å². The lowest BCUT2D eigenvalue weighted by Crippen LogP contribution is -2.42. The number of nitrogens with zero attached hydrogens (tertiary/aromatic N) is 4. The molecule has 0 spiro atoms. The molecule has 3 heterocycles. The lowest BCUT2D eigenvalue weighted by Gasteiger charge is -2.39. The molecular weight excluding hydrogens is 434 g/mol. The van der Waals surface area contributed by atoms with Crippen molar-refractivity contribution in [3.8, 4) is 28.6 Å². The van der Waals surface area contributed by atoms with Gasteiger partial charge in [0.05, 0.1) is 7.11 Å². The summed E-state index contributed by atoms with van der Waals surface area (Å²) in [6.07, 6.45) is 1.49. The Balaban J connectivity index is 1.46. The van der Waals surface area contributed by atoms with E-state index in [4.69, 9.17) is 14.2 Å². The van der Waals surface area contributed by atoms with Crippen molar-refractivity contribution in [1.29, 1.82) is 0 Å². The van der Waals surface area contributed by atoms with Gasteiger partial charge in [-0.05, 0) is 56.9 Å². The number of likely N-dealkylation sites (tertiary alicyclic amines) is 1. The molecule has 2 aliphatic rings. The summed E-state index contributed by atoms with van der Waals surface area (Å²) in [6.45, 7) is 7.00. The van der Waals surface area contributed by atoms with Gasteiger partial charge >= 0.3 is 6.09 Å². The molecule has 1 atom stereocenters. The molecular formula is C25H29N5O4. The number of ether oxygens (including phenoxy) is 3. The SMILES string of the molecule is COc1cccc2c1Oc1cc(-c3nn[nH]n3)ccc1C2C1CCN(C(=O)OC(C)(C)C)CC1. The number of rotatable bonds is 3. The number of para-hydroxylation sites is 1. The summed E-state index contributed by atoms with van der Waals surface area (Å²) in [5.74, 6) is 3.17. The van der Waals surface area contributed by atoms with Crippen molar-refractivity contribution in [1.82, 2.24) is 25.5 Å². The second-order valence-electron chi connectivity index (χ2n) is 9.75. The largest absolute Gasteiger partial charge is 0.493 e. The minimum Gasteiger partial charge on any atom is -0.493 e. The van der Waals surface area contributed by atoms with Crippen LogP contribution < -0.4 is 9.47 Å². The molecule has 0 radical (unpaired) electrons. The Morgan fingerprint density at radius 2 is 1.94 bits per heavy atom. The highest BCUT2D eigenvalue weighted by Crippen LogP contribution is 2.53. The first-order valence-electron chi connectivity index (χ1n) is 11.5. The molecule has 1 aromatic heterocycles. The van der Waals surface area contributed by atoms with Crippen molar-refractivity contribution < 1.29 is 19.0 Å². The fourth-order valence-corrected chi connectivity index (χ4v) is 4.88. The number of amides is 1. The summed E-state index contributed by atoms with van der Waals surface area (Å²) >= 11 is 0. The molecule has 9 heteroatoms. The predicted octanol–water partition coefficient (Wildman–Crippen LogP) is 4.76. The van der Waals surface area contributed by atoms with Crippen LogP contribution in [-0.2, 0) is 4.74 Å². The van der Waals surface area contributed by atoms with Gasteiger partial charge in [-0.3, -0.25) is 0 Å². The van der Waals surface area contributed by atoms with E-state index in [0.717, 1.165) is 41.0 Å². The smallest absolute Gasteiger partial charge is 0.410 e. The Labute approximate surface area is 198 Å². The molecule has 2 aromatic carbocycles. The van der Waals surface area contributed by atoms with Crippen LogP contribution in [0.4, 0.5) is 4.79 Å². The Kier molecular flexibility index (Phi) is 5.63. The summed E-state index contributed by atoms with van der Waals surface area (Å²) in [5.41, 5.74) is 2.54. The molecule has 1 saturated heterocycles. The Morgan fingerprint density at radius 3 is 2.62 bits per heavy atom. The van der Waals surface area contributed by atoms with Crippen LogP contribution in [0.1, 0.15) is 50.7 Å². The van der Waals surface area contributed by atoms with Crippen LogP contribution >= 0.6 is 0 Å². The van der Waals surface area contributed by atoms with Crippen molar-refractivity contribution >= 4 is 6.09 Å². The highest BCUT2D eigenvalue weighted by atomic mass is 16.6. The molecule has 1 N–H and O–H groups in total. The van der Waals surface area contributed by atoms with Crippen molar-refractivity contribution in [3.63, 3.8) is 0 Å². The van der Waals surface area contributed by atoms with Gasteiger partial charge < -0.3 is 19.1 Å². The number of methoxy groups -OCH3 is 1. The van der Waals surface area contributed by atoms with Crippen LogP contribution in [0.5, 0.6) is 17.2 Å². The first-order chi connectivity index (χ1) is 16.3. The molecule has 1 fully saturated rings. The van der Waals surface area contributed by atoms with Gasteiger partial charge in [-0.1, -0.05) is 24.3 Å². The second kappa shape index (κ2) is 8.62. The maximum Gasteiger partial charge on any atom is 0.410 e. The number of carbonyl (C=O) groups excluding carboxylic acids is 1. The maximum atomic E-state index is 12.6. The number of H-pyrrole nitrogens is 1. The monoisotopic (exact) mass is 463 g/mol. The number of aromatic amines is 1. The molecule has 1 unspecified atom stereocenters. The summed E-state index contributed by atoms with van der Waals surface area (Å²) < 4.78 is 17.6. The van der Waals surface area contributed by atoms with Crippen molar-refractivity contribution in [2.45, 2.75) is 45.1 Å². The molecule has 5 rings (SSSR count). The van der Waals surface area contributed by atoms with Gasteiger partial charge in [-0.2, -0.15) is 5.21 Å². The molecule has 0 bridgehead atoms. The fourth-order valence-electron chi connectivity index (χ4n) is 4.88. The third-order valence-electron chi connectivity index (χ3n) is 6.39. The van der Waals surface area contributed by atoms with Crippen molar-refractivity contribution in [3.05, 3.63) is 47.5 Å². The number of fused-ring (bicyclic) bond motifs is 2. The fraction of sp³-hybridized carbons (Fsp3) is 0.440. The Hall–Kier alpha value is -3.62. The zero-order valence-electron chi connectivity index (χ0n) is 19.9. The quantitative estimate of drug-likeness (QED) is 0.597. The van der Waals surface area contributed by atoms with E-state index < -0.39 is 5.60 Å². The van der Waals surface area contributed by atoms with E-state index in [1.54, 1.807) is 7.11 Å². The number of tetrazole rings is 1. The number of carbonyl (C=O) groups is 1. The van der Waals surface area contributed by atoms with Crippen molar-refractivity contribution in [2.24, 2.45) is 5.92 Å². The molecule has 0 aliphatic carbocycles. The van der Waals surface area contributed by atoms with Gasteiger partial charge in [0.2, 0.25) is 5.82 Å². The predicted molar refractivity (Wildman–Crippen MR) is 125 cm³/mol. The van der Waals surface area contributed by atoms with Crippen LogP contribution in [0.2, 0.25) is 0 Å². The average Bonchev–Trinajstić information content (AvgIpc) is 3.36. The van der Waals surface area contributed by atoms with Crippen LogP contribution in [0, 0.1) is 5.92 Å². The first-order valence-corrected chi connectivity index (χ1v) is 11.5. The van der Waals surface area contributed by atoms with Gasteiger partial charge in [0.25, 0.3) is 0 Å². The van der Waals surface area contributed by atoms with E-state index in [2.05, 4.69) is 32.8 Å². The number of hydrogen-bond acceptors (Lipinski definition) is 7. The van der Waals surface area contributed by atoms with Gasteiger partial charge in [-0.25, -0.2) is 4.79 Å². The average molecular weight is 464 g/mol. The Morgan fingerprint density at radius 1 is 1.15 bits per heavy atom. The van der Waals surface area contributed by atoms with Gasteiger partial charge in [0.15, 0.2) is 11.5 Å². The first kappa shape index (κ1) is 22.2. The topological polar surface area (TPSA) is 102 Å². The molecule has 178 valence electrons. The number of nitrogens with one attached hydrogen (secondary N) is 1. The molecule has 2 aliphatic heterocycles.